The van der Waals surface area contributed by atoms with Gasteiger partial charge in [-0.2, -0.15) is 0 Å². The van der Waals surface area contributed by atoms with Crippen LogP contribution in [0.1, 0.15) is 55.6 Å². The number of carbonyl (C=O) groups excluding carboxylic acids is 2. The lowest BCUT2D eigenvalue weighted by Gasteiger charge is -2.30. The maximum Gasteiger partial charge on any atom is 0.242 e. The molecule has 2 aromatic rings. The number of rotatable bonds is 7. The molecule has 32 heavy (non-hydrogen) atoms. The van der Waals surface area contributed by atoms with Gasteiger partial charge in [0.2, 0.25) is 11.8 Å². The molecule has 1 saturated heterocycles. The Morgan fingerprint density at radius 1 is 0.938 bits per heavy atom. The number of likely N-dealkylation sites (tertiary alicyclic amines) is 1. The van der Waals surface area contributed by atoms with Crippen LogP contribution in [0, 0.1) is 5.92 Å². The Balaban J connectivity index is 1.44. The van der Waals surface area contributed by atoms with E-state index in [0.29, 0.717) is 31.5 Å². The summed E-state index contributed by atoms with van der Waals surface area (Å²) in [5, 5.41) is 3.15. The minimum absolute atomic E-state index is 0.00255. The Bertz CT molecular complexity index is 878. The molecule has 4 rings (SSSR count). The van der Waals surface area contributed by atoms with Crippen molar-refractivity contribution in [1.82, 2.24) is 10.2 Å². The van der Waals surface area contributed by atoms with Gasteiger partial charge in [0.25, 0.3) is 0 Å². The van der Waals surface area contributed by atoms with Gasteiger partial charge in [0.15, 0.2) is 0 Å². The molecule has 2 aliphatic rings. The summed E-state index contributed by atoms with van der Waals surface area (Å²) in [6.07, 6.45) is 6.45. The molecule has 0 spiro atoms. The van der Waals surface area contributed by atoms with Crippen LogP contribution in [0.3, 0.4) is 0 Å². The van der Waals surface area contributed by atoms with Gasteiger partial charge < -0.3 is 16.0 Å². The zero-order chi connectivity index (χ0) is 22.3. The van der Waals surface area contributed by atoms with Gasteiger partial charge >= 0.3 is 0 Å². The van der Waals surface area contributed by atoms with E-state index in [-0.39, 0.29) is 23.8 Å². The maximum atomic E-state index is 13.7. The van der Waals surface area contributed by atoms with Crippen molar-refractivity contribution in [2.45, 2.75) is 62.9 Å². The first kappa shape index (κ1) is 22.5. The van der Waals surface area contributed by atoms with Crippen molar-refractivity contribution >= 4 is 11.8 Å². The minimum atomic E-state index is -0.365. The highest BCUT2D eigenvalue weighted by Crippen LogP contribution is 2.28. The van der Waals surface area contributed by atoms with E-state index in [1.807, 2.05) is 53.4 Å². The van der Waals surface area contributed by atoms with E-state index in [9.17, 15) is 9.59 Å². The number of amides is 2. The molecule has 0 unspecified atom stereocenters. The second kappa shape index (κ2) is 10.8. The number of carbonyl (C=O) groups is 2. The zero-order valence-electron chi connectivity index (χ0n) is 18.8. The fraction of sp³-hybridized carbons (Fsp3) is 0.481. The SMILES string of the molecule is NC1CCC(CNC(=O)[C@@H]2CCCN2C(=O)[C@@H](Cc2ccccc2)c2ccccc2)CC1. The average Bonchev–Trinajstić information content (AvgIpc) is 3.33. The Hall–Kier alpha value is -2.66. The molecular weight excluding hydrogens is 398 g/mol. The van der Waals surface area contributed by atoms with Gasteiger partial charge in [-0.15, -0.1) is 0 Å². The molecule has 0 bridgehead atoms. The number of nitrogens with zero attached hydrogens (tertiary/aromatic N) is 1. The summed E-state index contributed by atoms with van der Waals surface area (Å²) in [5.74, 6) is 0.268. The maximum absolute atomic E-state index is 13.7. The smallest absolute Gasteiger partial charge is 0.242 e. The lowest BCUT2D eigenvalue weighted by atomic mass is 9.86. The molecule has 2 atom stereocenters. The molecular formula is C27H35N3O2. The van der Waals surface area contributed by atoms with E-state index in [0.717, 1.165) is 49.7 Å². The molecule has 5 nitrogen and oxygen atoms in total. The van der Waals surface area contributed by atoms with Crippen molar-refractivity contribution < 1.29 is 9.59 Å². The third kappa shape index (κ3) is 5.57. The molecule has 1 saturated carbocycles. The largest absolute Gasteiger partial charge is 0.354 e. The van der Waals surface area contributed by atoms with E-state index in [4.69, 9.17) is 5.73 Å². The van der Waals surface area contributed by atoms with Gasteiger partial charge in [0, 0.05) is 19.1 Å². The van der Waals surface area contributed by atoms with Crippen LogP contribution in [0.25, 0.3) is 0 Å². The van der Waals surface area contributed by atoms with Gasteiger partial charge in [0.05, 0.1) is 5.92 Å². The highest BCUT2D eigenvalue weighted by Gasteiger charge is 2.37. The normalized spacial score (nSPS) is 24.2. The summed E-state index contributed by atoms with van der Waals surface area (Å²) in [7, 11) is 0. The summed E-state index contributed by atoms with van der Waals surface area (Å²) in [5.41, 5.74) is 8.14. The van der Waals surface area contributed by atoms with Gasteiger partial charge in [0.1, 0.15) is 6.04 Å². The molecule has 2 fully saturated rings. The van der Waals surface area contributed by atoms with Crippen LogP contribution < -0.4 is 11.1 Å². The van der Waals surface area contributed by atoms with E-state index < -0.39 is 0 Å². The van der Waals surface area contributed by atoms with Crippen molar-refractivity contribution in [3.8, 4) is 0 Å². The van der Waals surface area contributed by atoms with E-state index in [2.05, 4.69) is 17.4 Å². The second-order valence-electron chi connectivity index (χ2n) is 9.37. The predicted octanol–water partition coefficient (Wildman–Crippen LogP) is 3.64. The van der Waals surface area contributed by atoms with Gasteiger partial charge in [-0.05, 0) is 62.0 Å². The number of nitrogens with two attached hydrogens (primary N) is 1. The topological polar surface area (TPSA) is 75.4 Å². The lowest BCUT2D eigenvalue weighted by Crippen LogP contribution is -2.48. The number of hydrogen-bond donors (Lipinski definition) is 2. The van der Waals surface area contributed by atoms with Crippen LogP contribution in [0.5, 0.6) is 0 Å². The predicted molar refractivity (Wildman–Crippen MR) is 127 cm³/mol. The van der Waals surface area contributed by atoms with Crippen LogP contribution in [0.4, 0.5) is 0 Å². The monoisotopic (exact) mass is 433 g/mol. The van der Waals surface area contributed by atoms with Gasteiger partial charge in [-0.3, -0.25) is 9.59 Å². The van der Waals surface area contributed by atoms with Gasteiger partial charge in [-0.1, -0.05) is 60.7 Å². The van der Waals surface area contributed by atoms with E-state index in [1.54, 1.807) is 0 Å². The molecule has 1 heterocycles. The third-order valence-corrected chi connectivity index (χ3v) is 7.08. The molecule has 1 aliphatic carbocycles. The zero-order valence-corrected chi connectivity index (χ0v) is 18.8. The molecule has 0 aromatic heterocycles. The summed E-state index contributed by atoms with van der Waals surface area (Å²) < 4.78 is 0. The summed E-state index contributed by atoms with van der Waals surface area (Å²) in [6.45, 7) is 1.34. The van der Waals surface area contributed by atoms with E-state index in [1.165, 1.54) is 0 Å². The summed E-state index contributed by atoms with van der Waals surface area (Å²) in [4.78, 5) is 28.6. The minimum Gasteiger partial charge on any atom is -0.354 e. The fourth-order valence-electron chi connectivity index (χ4n) is 5.14. The standard InChI is InChI=1S/C27H35N3O2/c28-23-15-13-21(14-16-23)19-29-26(31)25-12-7-17-30(25)27(32)24(22-10-5-2-6-11-22)18-20-8-3-1-4-9-20/h1-6,8-11,21,23-25H,7,12-19,28H2,(H,29,31)/t21?,23?,24-,25-/m0/s1. The Morgan fingerprint density at radius 3 is 2.28 bits per heavy atom. The average molecular weight is 434 g/mol. The van der Waals surface area contributed by atoms with Crippen LogP contribution in [-0.4, -0.2) is 41.9 Å². The Kier molecular flexibility index (Phi) is 7.59. The molecule has 0 radical (unpaired) electrons. The van der Waals surface area contributed by atoms with Crippen molar-refractivity contribution in [2.24, 2.45) is 11.7 Å². The van der Waals surface area contributed by atoms with Gasteiger partial charge in [-0.25, -0.2) is 0 Å². The molecule has 2 aromatic carbocycles. The molecule has 2 amide bonds. The van der Waals surface area contributed by atoms with Crippen LogP contribution in [-0.2, 0) is 16.0 Å². The van der Waals surface area contributed by atoms with Crippen molar-refractivity contribution in [3.63, 3.8) is 0 Å². The summed E-state index contributed by atoms with van der Waals surface area (Å²) >= 11 is 0. The number of hydrogen-bond acceptors (Lipinski definition) is 3. The lowest BCUT2D eigenvalue weighted by molar-refractivity contribution is -0.139. The second-order valence-corrected chi connectivity index (χ2v) is 9.37. The van der Waals surface area contributed by atoms with Crippen molar-refractivity contribution in [3.05, 3.63) is 71.8 Å². The first-order valence-corrected chi connectivity index (χ1v) is 12.0. The van der Waals surface area contributed by atoms with E-state index >= 15 is 0 Å². The molecule has 5 heteroatoms. The first-order valence-electron chi connectivity index (χ1n) is 12.0. The summed E-state index contributed by atoms with van der Waals surface area (Å²) in [6, 6.07) is 20.0. The van der Waals surface area contributed by atoms with Crippen LogP contribution in [0.15, 0.2) is 60.7 Å². The quantitative estimate of drug-likeness (QED) is 0.700. The molecule has 170 valence electrons. The first-order chi connectivity index (χ1) is 15.6. The fourth-order valence-corrected chi connectivity index (χ4v) is 5.14. The molecule has 3 N–H and O–H groups in total. The third-order valence-electron chi connectivity index (χ3n) is 7.08. The van der Waals surface area contributed by atoms with Crippen LogP contribution in [0.2, 0.25) is 0 Å². The van der Waals surface area contributed by atoms with Crippen LogP contribution >= 0.6 is 0 Å². The van der Waals surface area contributed by atoms with Crippen molar-refractivity contribution in [1.29, 1.82) is 0 Å². The Labute approximate surface area is 191 Å². The Morgan fingerprint density at radius 2 is 1.59 bits per heavy atom. The number of nitrogens with one attached hydrogen (secondary N) is 1. The highest BCUT2D eigenvalue weighted by atomic mass is 16.2. The van der Waals surface area contributed by atoms with Crippen molar-refractivity contribution in [2.75, 3.05) is 13.1 Å². The highest BCUT2D eigenvalue weighted by molar-refractivity contribution is 5.91. The molecule has 1 aliphatic heterocycles. The number of benzene rings is 2.